The zero-order valence-corrected chi connectivity index (χ0v) is 22.6. The summed E-state index contributed by atoms with van der Waals surface area (Å²) >= 11 is 0. The molecule has 10 heteroatoms. The number of benzene rings is 2. The molecule has 2 atom stereocenters. The maximum Gasteiger partial charge on any atom is 0.243 e. The maximum atomic E-state index is 12.9. The number of nitrogens with zero attached hydrogens (tertiary/aromatic N) is 1. The smallest absolute Gasteiger partial charge is 0.243 e. The minimum Gasteiger partial charge on any atom is -0.493 e. The van der Waals surface area contributed by atoms with Gasteiger partial charge in [-0.25, -0.2) is 8.42 Å². The van der Waals surface area contributed by atoms with Crippen molar-refractivity contribution in [3.8, 4) is 11.5 Å². The number of piperidine rings is 1. The van der Waals surface area contributed by atoms with Gasteiger partial charge in [0.25, 0.3) is 0 Å². The fourth-order valence-electron chi connectivity index (χ4n) is 4.99. The number of aryl methyl sites for hydroxylation is 2. The molecule has 2 aromatic rings. The molecule has 1 fully saturated rings. The Balaban J connectivity index is 1.30. The highest BCUT2D eigenvalue weighted by atomic mass is 32.2. The molecule has 0 spiro atoms. The predicted molar refractivity (Wildman–Crippen MR) is 139 cm³/mol. The van der Waals surface area contributed by atoms with Crippen LogP contribution in [0, 0.1) is 12.8 Å². The Morgan fingerprint density at radius 3 is 2.24 bits per heavy atom. The number of rotatable bonds is 8. The Morgan fingerprint density at radius 2 is 1.62 bits per heavy atom. The number of amides is 2. The molecule has 0 saturated carbocycles. The number of fused-ring (bicyclic) bond motifs is 1. The van der Waals surface area contributed by atoms with Gasteiger partial charge in [0.1, 0.15) is 6.04 Å². The zero-order chi connectivity index (χ0) is 26.7. The normalized spacial score (nSPS) is 19.1. The summed E-state index contributed by atoms with van der Waals surface area (Å²) in [4.78, 5) is 26.0. The van der Waals surface area contributed by atoms with Crippen LogP contribution < -0.4 is 20.1 Å². The molecule has 0 aromatic heterocycles. The molecule has 1 heterocycles. The van der Waals surface area contributed by atoms with Crippen LogP contribution in [0.2, 0.25) is 0 Å². The first-order chi connectivity index (χ1) is 17.6. The third kappa shape index (κ3) is 5.75. The monoisotopic (exact) mass is 529 g/mol. The number of methoxy groups -OCH3 is 2. The number of carbonyl (C=O) groups is 2. The molecule has 2 aromatic carbocycles. The number of hydrogen-bond acceptors (Lipinski definition) is 6. The van der Waals surface area contributed by atoms with Crippen LogP contribution in [-0.4, -0.2) is 57.9 Å². The van der Waals surface area contributed by atoms with E-state index in [0.717, 1.165) is 29.5 Å². The molecule has 4 rings (SSSR count). The molecular formula is C27H35N3O6S. The van der Waals surface area contributed by atoms with Gasteiger partial charge < -0.3 is 20.1 Å². The van der Waals surface area contributed by atoms with Crippen molar-refractivity contribution in [3.05, 3.63) is 53.1 Å². The van der Waals surface area contributed by atoms with Crippen LogP contribution in [0.5, 0.6) is 11.5 Å². The van der Waals surface area contributed by atoms with E-state index in [1.165, 1.54) is 4.31 Å². The van der Waals surface area contributed by atoms with Crippen LogP contribution in [-0.2, 0) is 26.0 Å². The molecule has 1 aliphatic carbocycles. The highest BCUT2D eigenvalue weighted by Crippen LogP contribution is 2.39. The summed E-state index contributed by atoms with van der Waals surface area (Å²) in [6.07, 6.45) is 2.38. The van der Waals surface area contributed by atoms with Gasteiger partial charge in [-0.15, -0.1) is 0 Å². The Morgan fingerprint density at radius 1 is 1.00 bits per heavy atom. The lowest BCUT2D eigenvalue weighted by atomic mass is 9.97. The number of sulfonamides is 1. The molecule has 1 unspecified atom stereocenters. The van der Waals surface area contributed by atoms with Gasteiger partial charge in [0.15, 0.2) is 11.5 Å². The van der Waals surface area contributed by atoms with Gasteiger partial charge in [0.2, 0.25) is 21.8 Å². The Kier molecular flexibility index (Phi) is 8.08. The topological polar surface area (TPSA) is 114 Å². The molecule has 0 radical (unpaired) electrons. The molecule has 9 nitrogen and oxygen atoms in total. The molecule has 0 bridgehead atoms. The fraction of sp³-hybridized carbons (Fsp3) is 0.481. The van der Waals surface area contributed by atoms with Crippen molar-refractivity contribution < 1.29 is 27.5 Å². The van der Waals surface area contributed by atoms with E-state index >= 15 is 0 Å². The number of nitrogens with one attached hydrogen (secondary N) is 2. The van der Waals surface area contributed by atoms with Crippen LogP contribution in [0.3, 0.4) is 0 Å². The largest absolute Gasteiger partial charge is 0.493 e. The van der Waals surface area contributed by atoms with E-state index in [-0.39, 0.29) is 41.8 Å². The van der Waals surface area contributed by atoms with Crippen molar-refractivity contribution in [1.82, 2.24) is 14.9 Å². The molecule has 1 aliphatic heterocycles. The van der Waals surface area contributed by atoms with E-state index in [0.29, 0.717) is 24.3 Å². The van der Waals surface area contributed by atoms with E-state index in [1.54, 1.807) is 45.4 Å². The average Bonchev–Trinajstić information content (AvgIpc) is 3.29. The fourth-order valence-corrected chi connectivity index (χ4v) is 6.46. The van der Waals surface area contributed by atoms with Gasteiger partial charge >= 0.3 is 0 Å². The van der Waals surface area contributed by atoms with Crippen molar-refractivity contribution in [3.63, 3.8) is 0 Å². The maximum absolute atomic E-state index is 12.9. The van der Waals surface area contributed by atoms with E-state index in [2.05, 4.69) is 10.6 Å². The van der Waals surface area contributed by atoms with E-state index < -0.39 is 16.1 Å². The highest BCUT2D eigenvalue weighted by molar-refractivity contribution is 7.89. The van der Waals surface area contributed by atoms with Gasteiger partial charge in [-0.05, 0) is 74.9 Å². The van der Waals surface area contributed by atoms with Crippen molar-refractivity contribution >= 4 is 21.8 Å². The molecule has 2 N–H and O–H groups in total. The Labute approximate surface area is 218 Å². The van der Waals surface area contributed by atoms with Gasteiger partial charge in [0.05, 0.1) is 25.2 Å². The summed E-state index contributed by atoms with van der Waals surface area (Å²) in [5.41, 5.74) is 3.09. The van der Waals surface area contributed by atoms with Gasteiger partial charge in [-0.3, -0.25) is 9.59 Å². The number of ether oxygens (including phenoxy) is 2. The van der Waals surface area contributed by atoms with Gasteiger partial charge in [-0.1, -0.05) is 17.7 Å². The molecule has 2 amide bonds. The van der Waals surface area contributed by atoms with Gasteiger partial charge in [-0.2, -0.15) is 4.31 Å². The van der Waals surface area contributed by atoms with Crippen LogP contribution >= 0.6 is 0 Å². The second kappa shape index (κ2) is 11.1. The van der Waals surface area contributed by atoms with Crippen LogP contribution in [0.25, 0.3) is 0 Å². The van der Waals surface area contributed by atoms with Crippen LogP contribution in [0.4, 0.5) is 0 Å². The van der Waals surface area contributed by atoms with E-state index in [9.17, 15) is 18.0 Å². The lowest BCUT2D eigenvalue weighted by molar-refractivity contribution is -0.131. The standard InChI is InChI=1S/C27H35N3O6S/c1-17-5-8-21(9-6-17)37(33,34)30-13-11-19(12-14-30)27(32)28-18(2)26(31)29-23-10-7-20-15-24(35-3)25(36-4)16-22(20)23/h5-6,8-9,15-16,18-19,23H,7,10-14H2,1-4H3,(H,28,32)(H,29,31)/t18-,23?/m0/s1. The number of hydrogen-bond donors (Lipinski definition) is 2. The summed E-state index contributed by atoms with van der Waals surface area (Å²) < 4.78 is 38.1. The molecular weight excluding hydrogens is 494 g/mol. The molecule has 1 saturated heterocycles. The lowest BCUT2D eigenvalue weighted by Gasteiger charge is -2.31. The third-order valence-corrected chi connectivity index (χ3v) is 9.19. The summed E-state index contributed by atoms with van der Waals surface area (Å²) in [7, 11) is -0.422. The predicted octanol–water partition coefficient (Wildman–Crippen LogP) is 2.72. The number of carbonyl (C=O) groups excluding carboxylic acids is 2. The second-order valence-corrected chi connectivity index (χ2v) is 11.7. The van der Waals surface area contributed by atoms with E-state index in [4.69, 9.17) is 9.47 Å². The zero-order valence-electron chi connectivity index (χ0n) is 21.7. The first-order valence-electron chi connectivity index (χ1n) is 12.6. The highest BCUT2D eigenvalue weighted by Gasteiger charge is 2.33. The van der Waals surface area contributed by atoms with Crippen LogP contribution in [0.15, 0.2) is 41.3 Å². The molecule has 2 aliphatic rings. The summed E-state index contributed by atoms with van der Waals surface area (Å²) in [5.74, 6) is 0.434. The first-order valence-corrected chi connectivity index (χ1v) is 14.0. The third-order valence-electron chi connectivity index (χ3n) is 7.28. The first kappa shape index (κ1) is 26.9. The van der Waals surface area contributed by atoms with E-state index in [1.807, 2.05) is 19.1 Å². The quantitative estimate of drug-likeness (QED) is 0.544. The Bertz CT molecular complexity index is 1250. The summed E-state index contributed by atoms with van der Waals surface area (Å²) in [6.45, 7) is 4.09. The molecule has 37 heavy (non-hydrogen) atoms. The van der Waals surface area contributed by atoms with Gasteiger partial charge in [0, 0.05) is 19.0 Å². The second-order valence-electron chi connectivity index (χ2n) is 9.73. The SMILES string of the molecule is COc1cc2c(cc1OC)C(NC(=O)[C@H](C)NC(=O)C1CCN(S(=O)(=O)c3ccc(C)cc3)CC1)CC2. The van der Waals surface area contributed by atoms with Crippen molar-refractivity contribution in [2.24, 2.45) is 5.92 Å². The summed E-state index contributed by atoms with van der Waals surface area (Å²) in [6, 6.07) is 9.72. The average molecular weight is 530 g/mol. The Hall–Kier alpha value is -3.11. The minimum absolute atomic E-state index is 0.170. The van der Waals surface area contributed by atoms with Crippen molar-refractivity contribution in [2.45, 2.75) is 56.5 Å². The lowest BCUT2D eigenvalue weighted by Crippen LogP contribution is -2.49. The van der Waals surface area contributed by atoms with Crippen LogP contribution in [0.1, 0.15) is 48.9 Å². The molecule has 200 valence electrons. The summed E-state index contributed by atoms with van der Waals surface area (Å²) in [5, 5.41) is 5.86. The van der Waals surface area contributed by atoms with Crippen molar-refractivity contribution in [2.75, 3.05) is 27.3 Å². The minimum atomic E-state index is -3.59. The van der Waals surface area contributed by atoms with Crippen molar-refractivity contribution in [1.29, 1.82) is 0 Å².